The van der Waals surface area contributed by atoms with Crippen molar-refractivity contribution in [1.82, 2.24) is 19.9 Å². The summed E-state index contributed by atoms with van der Waals surface area (Å²) in [6.45, 7) is 12.8. The Kier molecular flexibility index (Phi) is 5.33. The summed E-state index contributed by atoms with van der Waals surface area (Å²) in [5.41, 5.74) is 2.26. The van der Waals surface area contributed by atoms with Crippen LogP contribution in [0.2, 0.25) is 0 Å². The molecule has 2 aliphatic heterocycles. The largest absolute Gasteiger partial charge is 0.378 e. The first-order valence-corrected chi connectivity index (χ1v) is 10.1. The van der Waals surface area contributed by atoms with Crippen LogP contribution < -0.4 is 9.80 Å². The number of ether oxygens (including phenoxy) is 1. The summed E-state index contributed by atoms with van der Waals surface area (Å²) in [4.78, 5) is 22.0. The number of hydrogen-bond donors (Lipinski definition) is 0. The molecule has 0 aliphatic carbocycles. The molecule has 2 aliphatic rings. The maximum absolute atomic E-state index is 5.43. The molecule has 0 N–H and O–H groups in total. The van der Waals surface area contributed by atoms with Gasteiger partial charge in [-0.2, -0.15) is 0 Å². The highest BCUT2D eigenvalue weighted by molar-refractivity contribution is 7.15. The van der Waals surface area contributed by atoms with Gasteiger partial charge in [-0.3, -0.25) is 4.90 Å². The zero-order valence-corrected chi connectivity index (χ0v) is 16.3. The summed E-state index contributed by atoms with van der Waals surface area (Å²) in [5, 5.41) is 1.13. The van der Waals surface area contributed by atoms with Crippen LogP contribution >= 0.6 is 11.3 Å². The molecule has 0 saturated carbocycles. The molecule has 0 unspecified atom stereocenters. The Labute approximate surface area is 158 Å². The van der Waals surface area contributed by atoms with E-state index in [-0.39, 0.29) is 0 Å². The number of piperazine rings is 1. The first-order valence-electron chi connectivity index (χ1n) is 9.23. The van der Waals surface area contributed by atoms with Crippen LogP contribution in [-0.2, 0) is 11.3 Å². The highest BCUT2D eigenvalue weighted by Gasteiger charge is 2.21. The highest BCUT2D eigenvalue weighted by Crippen LogP contribution is 2.25. The number of anilines is 2. The molecule has 0 bridgehead atoms. The van der Waals surface area contributed by atoms with Gasteiger partial charge in [-0.25, -0.2) is 15.0 Å². The van der Waals surface area contributed by atoms with Gasteiger partial charge in [0.05, 0.1) is 13.2 Å². The maximum atomic E-state index is 5.43. The number of nitrogens with zero attached hydrogens (tertiary/aromatic N) is 6. The Morgan fingerprint density at radius 2 is 1.73 bits per heavy atom. The molecule has 0 amide bonds. The second-order valence-corrected chi connectivity index (χ2v) is 7.97. The van der Waals surface area contributed by atoms with Crippen LogP contribution in [0.1, 0.15) is 16.1 Å². The lowest BCUT2D eigenvalue weighted by atomic mass is 10.2. The van der Waals surface area contributed by atoms with Gasteiger partial charge in [-0.15, -0.1) is 11.3 Å². The lowest BCUT2D eigenvalue weighted by Crippen LogP contribution is -2.46. The Balaban J connectivity index is 1.33. The zero-order chi connectivity index (χ0) is 17.9. The molecule has 0 radical (unpaired) electrons. The second-order valence-electron chi connectivity index (χ2n) is 6.88. The summed E-state index contributed by atoms with van der Waals surface area (Å²) in [7, 11) is 0. The molecule has 7 nitrogen and oxygen atoms in total. The number of thiazole rings is 1. The fraction of sp³-hybridized carbons (Fsp3) is 0.611. The van der Waals surface area contributed by atoms with Gasteiger partial charge in [0.2, 0.25) is 0 Å². The van der Waals surface area contributed by atoms with Gasteiger partial charge >= 0.3 is 0 Å². The van der Waals surface area contributed by atoms with Crippen LogP contribution in [0.25, 0.3) is 0 Å². The van der Waals surface area contributed by atoms with Crippen LogP contribution in [0.15, 0.2) is 12.5 Å². The van der Waals surface area contributed by atoms with Crippen molar-refractivity contribution >= 4 is 22.3 Å². The number of morpholine rings is 1. The van der Waals surface area contributed by atoms with Crippen LogP contribution in [0.3, 0.4) is 0 Å². The monoisotopic (exact) mass is 374 g/mol. The molecule has 0 aromatic carbocycles. The molecule has 0 atom stereocenters. The molecule has 0 spiro atoms. The van der Waals surface area contributed by atoms with E-state index in [1.165, 1.54) is 10.4 Å². The molecular formula is C18H26N6OS. The quantitative estimate of drug-likeness (QED) is 0.807. The van der Waals surface area contributed by atoms with Crippen molar-refractivity contribution in [2.75, 3.05) is 62.3 Å². The van der Waals surface area contributed by atoms with Crippen molar-refractivity contribution in [2.24, 2.45) is 0 Å². The summed E-state index contributed by atoms with van der Waals surface area (Å²) >= 11 is 1.82. The fourth-order valence-electron chi connectivity index (χ4n) is 3.45. The Bertz CT molecular complexity index is 737. The van der Waals surface area contributed by atoms with E-state index in [1.54, 1.807) is 6.33 Å². The third-order valence-electron chi connectivity index (χ3n) is 5.18. The van der Waals surface area contributed by atoms with Gasteiger partial charge < -0.3 is 14.5 Å². The third-order valence-corrected chi connectivity index (χ3v) is 6.23. The van der Waals surface area contributed by atoms with Crippen molar-refractivity contribution in [3.8, 4) is 0 Å². The van der Waals surface area contributed by atoms with Gasteiger partial charge in [0.25, 0.3) is 0 Å². The van der Waals surface area contributed by atoms with E-state index in [1.807, 2.05) is 24.5 Å². The topological polar surface area (TPSA) is 57.6 Å². The average Bonchev–Trinajstić information content (AvgIpc) is 3.14. The maximum Gasteiger partial charge on any atom is 0.185 e. The summed E-state index contributed by atoms with van der Waals surface area (Å²) in [5.74, 6) is 1.09. The van der Waals surface area contributed by atoms with E-state index in [9.17, 15) is 0 Å². The van der Waals surface area contributed by atoms with E-state index in [0.717, 1.165) is 75.7 Å². The minimum absolute atomic E-state index is 0.804. The van der Waals surface area contributed by atoms with Gasteiger partial charge in [0.1, 0.15) is 12.1 Å². The second kappa shape index (κ2) is 7.85. The van der Waals surface area contributed by atoms with Gasteiger partial charge in [-0.05, 0) is 13.8 Å². The number of hydrogen-bond acceptors (Lipinski definition) is 8. The summed E-state index contributed by atoms with van der Waals surface area (Å²) in [6, 6.07) is 0. The van der Waals surface area contributed by atoms with Gasteiger partial charge in [0.15, 0.2) is 5.13 Å². The molecule has 4 heterocycles. The Morgan fingerprint density at radius 3 is 2.50 bits per heavy atom. The normalized spacial score (nSPS) is 19.2. The fourth-order valence-corrected chi connectivity index (χ4v) is 4.46. The lowest BCUT2D eigenvalue weighted by molar-refractivity contribution is 0.122. The van der Waals surface area contributed by atoms with Crippen molar-refractivity contribution in [2.45, 2.75) is 20.4 Å². The minimum Gasteiger partial charge on any atom is -0.378 e. The van der Waals surface area contributed by atoms with Gasteiger partial charge in [0, 0.05) is 68.1 Å². The predicted octanol–water partition coefficient (Wildman–Crippen LogP) is 1.71. The van der Waals surface area contributed by atoms with Crippen LogP contribution in [0.4, 0.5) is 10.9 Å². The molecule has 2 aromatic heterocycles. The Morgan fingerprint density at radius 1 is 0.962 bits per heavy atom. The van der Waals surface area contributed by atoms with E-state index < -0.39 is 0 Å². The van der Waals surface area contributed by atoms with Crippen molar-refractivity contribution in [1.29, 1.82) is 0 Å². The predicted molar refractivity (Wildman–Crippen MR) is 104 cm³/mol. The first-order chi connectivity index (χ1) is 12.7. The molecule has 26 heavy (non-hydrogen) atoms. The SMILES string of the molecule is Cc1ncnc(N2CCN(Cc3cnc(N4CCOCC4)s3)CC2)c1C. The van der Waals surface area contributed by atoms with Crippen LogP contribution in [0.5, 0.6) is 0 Å². The average molecular weight is 375 g/mol. The van der Waals surface area contributed by atoms with Crippen LogP contribution in [-0.4, -0.2) is 72.3 Å². The number of aromatic nitrogens is 3. The zero-order valence-electron chi connectivity index (χ0n) is 15.5. The summed E-state index contributed by atoms with van der Waals surface area (Å²) in [6.07, 6.45) is 3.72. The van der Waals surface area contributed by atoms with Crippen molar-refractivity contribution in [3.63, 3.8) is 0 Å². The summed E-state index contributed by atoms with van der Waals surface area (Å²) < 4.78 is 5.43. The molecule has 8 heteroatoms. The van der Waals surface area contributed by atoms with E-state index >= 15 is 0 Å². The third kappa shape index (κ3) is 3.82. The van der Waals surface area contributed by atoms with Crippen LogP contribution in [0, 0.1) is 13.8 Å². The van der Waals surface area contributed by atoms with E-state index in [0.29, 0.717) is 0 Å². The first kappa shape index (κ1) is 17.6. The number of rotatable bonds is 4. The van der Waals surface area contributed by atoms with Crippen molar-refractivity contribution < 1.29 is 4.74 Å². The standard InChI is InChI=1S/C18H26N6OS/c1-14-15(2)20-13-21-17(14)23-5-3-22(4-6-23)12-16-11-19-18(26-16)24-7-9-25-10-8-24/h11,13H,3-10,12H2,1-2H3. The van der Waals surface area contributed by atoms with Gasteiger partial charge in [-0.1, -0.05) is 0 Å². The molecule has 4 rings (SSSR count). The molecule has 2 saturated heterocycles. The molecule has 2 aromatic rings. The van der Waals surface area contributed by atoms with E-state index in [2.05, 4.69) is 36.6 Å². The molecular weight excluding hydrogens is 348 g/mol. The molecule has 2 fully saturated rings. The van der Waals surface area contributed by atoms with E-state index in [4.69, 9.17) is 4.74 Å². The minimum atomic E-state index is 0.804. The Hall–Kier alpha value is -1.77. The highest BCUT2D eigenvalue weighted by atomic mass is 32.1. The van der Waals surface area contributed by atoms with Crippen molar-refractivity contribution in [3.05, 3.63) is 28.7 Å². The molecule has 140 valence electrons. The lowest BCUT2D eigenvalue weighted by Gasteiger charge is -2.35. The smallest absolute Gasteiger partial charge is 0.185 e. The number of aryl methyl sites for hydroxylation is 1.